The van der Waals surface area contributed by atoms with Gasteiger partial charge < -0.3 is 15.2 Å². The number of hydrogen-bond acceptors (Lipinski definition) is 3. The van der Waals surface area contributed by atoms with Crippen molar-refractivity contribution >= 4 is 17.6 Å². The molecule has 0 saturated carbocycles. The summed E-state index contributed by atoms with van der Waals surface area (Å²) in [7, 11) is 1.57. The summed E-state index contributed by atoms with van der Waals surface area (Å²) in [5.74, 6) is -0.545. The minimum atomic E-state index is -1.02. The minimum absolute atomic E-state index is 0.141. The molecular formula is C17H17NO4. The molecule has 0 fully saturated rings. The van der Waals surface area contributed by atoms with E-state index >= 15 is 0 Å². The lowest BCUT2D eigenvalue weighted by atomic mass is 10.1. The lowest BCUT2D eigenvalue weighted by Gasteiger charge is -2.10. The summed E-state index contributed by atoms with van der Waals surface area (Å²) in [6, 6.07) is 11.9. The molecule has 0 unspecified atom stereocenters. The van der Waals surface area contributed by atoms with Gasteiger partial charge in [0.25, 0.3) is 0 Å². The van der Waals surface area contributed by atoms with E-state index in [9.17, 15) is 9.59 Å². The number of aryl methyl sites for hydroxylation is 1. The number of rotatable bonds is 5. The molecule has 5 nitrogen and oxygen atoms in total. The highest BCUT2D eigenvalue weighted by Crippen LogP contribution is 2.18. The standard InChI is InChI=1S/C17H17NO4/c1-11-6-7-13(17(20)21)10-15(11)18-16(19)9-12-4-3-5-14(8-12)22-2/h3-8,10H,9H2,1-2H3,(H,18,19)(H,20,21). The molecule has 2 aromatic carbocycles. The smallest absolute Gasteiger partial charge is 0.335 e. The fourth-order valence-electron chi connectivity index (χ4n) is 2.05. The Morgan fingerprint density at radius 1 is 1.18 bits per heavy atom. The second-order valence-corrected chi connectivity index (χ2v) is 4.91. The number of ether oxygens (including phenoxy) is 1. The third-order valence-corrected chi connectivity index (χ3v) is 3.26. The molecule has 0 spiro atoms. The monoisotopic (exact) mass is 299 g/mol. The van der Waals surface area contributed by atoms with Crippen molar-refractivity contribution in [1.29, 1.82) is 0 Å². The van der Waals surface area contributed by atoms with Crippen molar-refractivity contribution in [1.82, 2.24) is 0 Å². The van der Waals surface area contributed by atoms with Crippen LogP contribution in [0.15, 0.2) is 42.5 Å². The van der Waals surface area contributed by atoms with Gasteiger partial charge in [-0.25, -0.2) is 4.79 Å². The van der Waals surface area contributed by atoms with Gasteiger partial charge in [0.15, 0.2) is 0 Å². The molecule has 5 heteroatoms. The molecule has 114 valence electrons. The number of carbonyl (C=O) groups is 2. The molecule has 0 aliphatic heterocycles. The Kier molecular flexibility index (Phi) is 4.78. The van der Waals surface area contributed by atoms with Gasteiger partial charge in [-0.05, 0) is 42.3 Å². The van der Waals surface area contributed by atoms with Crippen LogP contribution in [0.5, 0.6) is 5.75 Å². The van der Waals surface area contributed by atoms with Gasteiger partial charge in [-0.2, -0.15) is 0 Å². The molecule has 2 N–H and O–H groups in total. The lowest BCUT2D eigenvalue weighted by molar-refractivity contribution is -0.115. The van der Waals surface area contributed by atoms with Crippen LogP contribution in [0.25, 0.3) is 0 Å². The summed E-state index contributed by atoms with van der Waals surface area (Å²) in [6.45, 7) is 1.81. The number of amides is 1. The van der Waals surface area contributed by atoms with Gasteiger partial charge in [-0.15, -0.1) is 0 Å². The van der Waals surface area contributed by atoms with Crippen molar-refractivity contribution in [2.75, 3.05) is 12.4 Å². The Labute approximate surface area is 128 Å². The fraction of sp³-hybridized carbons (Fsp3) is 0.176. The second kappa shape index (κ2) is 6.76. The van der Waals surface area contributed by atoms with Crippen LogP contribution < -0.4 is 10.1 Å². The zero-order valence-corrected chi connectivity index (χ0v) is 12.4. The van der Waals surface area contributed by atoms with E-state index in [0.717, 1.165) is 11.1 Å². The minimum Gasteiger partial charge on any atom is -0.497 e. The van der Waals surface area contributed by atoms with Gasteiger partial charge in [-0.1, -0.05) is 18.2 Å². The molecule has 0 saturated heterocycles. The molecule has 0 aliphatic carbocycles. The highest BCUT2D eigenvalue weighted by molar-refractivity contribution is 5.95. The lowest BCUT2D eigenvalue weighted by Crippen LogP contribution is -2.15. The van der Waals surface area contributed by atoms with Crippen LogP contribution in [0, 0.1) is 6.92 Å². The Bertz CT molecular complexity index is 710. The Morgan fingerprint density at radius 2 is 1.95 bits per heavy atom. The largest absolute Gasteiger partial charge is 0.497 e. The third kappa shape index (κ3) is 3.85. The van der Waals surface area contributed by atoms with Gasteiger partial charge in [-0.3, -0.25) is 4.79 Å². The van der Waals surface area contributed by atoms with E-state index in [1.54, 1.807) is 19.2 Å². The first-order valence-corrected chi connectivity index (χ1v) is 6.76. The fourth-order valence-corrected chi connectivity index (χ4v) is 2.05. The molecule has 0 bridgehead atoms. The summed E-state index contributed by atoms with van der Waals surface area (Å²) in [4.78, 5) is 23.1. The highest BCUT2D eigenvalue weighted by Gasteiger charge is 2.10. The maximum absolute atomic E-state index is 12.1. The number of aromatic carboxylic acids is 1. The number of methoxy groups -OCH3 is 1. The summed E-state index contributed by atoms with van der Waals surface area (Å²) in [5, 5.41) is 11.7. The molecule has 2 rings (SSSR count). The first-order chi connectivity index (χ1) is 10.5. The van der Waals surface area contributed by atoms with Gasteiger partial charge in [0, 0.05) is 5.69 Å². The average molecular weight is 299 g/mol. The quantitative estimate of drug-likeness (QED) is 0.890. The molecule has 0 radical (unpaired) electrons. The molecule has 0 atom stereocenters. The van der Waals surface area contributed by atoms with E-state index < -0.39 is 5.97 Å². The number of carboxylic acid groups (broad SMARTS) is 1. The third-order valence-electron chi connectivity index (χ3n) is 3.26. The SMILES string of the molecule is COc1cccc(CC(=O)Nc2cc(C(=O)O)ccc2C)c1. The molecule has 22 heavy (non-hydrogen) atoms. The van der Waals surface area contributed by atoms with Crippen molar-refractivity contribution in [3.8, 4) is 5.75 Å². The highest BCUT2D eigenvalue weighted by atomic mass is 16.5. The zero-order chi connectivity index (χ0) is 16.1. The number of carbonyl (C=O) groups excluding carboxylic acids is 1. The van der Waals surface area contributed by atoms with Crippen LogP contribution >= 0.6 is 0 Å². The summed E-state index contributed by atoms with van der Waals surface area (Å²) < 4.78 is 5.12. The Balaban J connectivity index is 2.11. The number of hydrogen-bond donors (Lipinski definition) is 2. The first-order valence-electron chi connectivity index (χ1n) is 6.76. The normalized spacial score (nSPS) is 10.1. The van der Waals surface area contributed by atoms with E-state index in [4.69, 9.17) is 9.84 Å². The van der Waals surface area contributed by atoms with Gasteiger partial charge in [0.2, 0.25) is 5.91 Å². The van der Waals surface area contributed by atoms with Crippen molar-refractivity contribution in [3.05, 3.63) is 59.2 Å². The summed E-state index contributed by atoms with van der Waals surface area (Å²) >= 11 is 0. The number of nitrogens with one attached hydrogen (secondary N) is 1. The number of benzene rings is 2. The van der Waals surface area contributed by atoms with Gasteiger partial charge >= 0.3 is 5.97 Å². The van der Waals surface area contributed by atoms with Gasteiger partial charge in [0.1, 0.15) is 5.75 Å². The molecule has 0 aromatic heterocycles. The van der Waals surface area contributed by atoms with Crippen LogP contribution in [-0.2, 0) is 11.2 Å². The average Bonchev–Trinajstić information content (AvgIpc) is 2.49. The van der Waals surface area contributed by atoms with E-state index in [-0.39, 0.29) is 17.9 Å². The van der Waals surface area contributed by atoms with E-state index in [0.29, 0.717) is 11.4 Å². The van der Waals surface area contributed by atoms with Crippen molar-refractivity contribution in [2.45, 2.75) is 13.3 Å². The maximum Gasteiger partial charge on any atom is 0.335 e. The van der Waals surface area contributed by atoms with Crippen molar-refractivity contribution < 1.29 is 19.4 Å². The summed E-state index contributed by atoms with van der Waals surface area (Å²) in [6.07, 6.45) is 0.188. The topological polar surface area (TPSA) is 75.6 Å². The Morgan fingerprint density at radius 3 is 2.64 bits per heavy atom. The van der Waals surface area contributed by atoms with E-state index in [1.807, 2.05) is 25.1 Å². The van der Waals surface area contributed by atoms with Crippen molar-refractivity contribution in [3.63, 3.8) is 0 Å². The maximum atomic E-state index is 12.1. The summed E-state index contributed by atoms with van der Waals surface area (Å²) in [5.41, 5.74) is 2.28. The zero-order valence-electron chi connectivity index (χ0n) is 12.4. The molecule has 2 aromatic rings. The molecular weight excluding hydrogens is 282 g/mol. The predicted molar refractivity (Wildman–Crippen MR) is 83.5 cm³/mol. The van der Waals surface area contributed by atoms with Gasteiger partial charge in [0.05, 0.1) is 19.1 Å². The first kappa shape index (κ1) is 15.6. The predicted octanol–water partition coefficient (Wildman–Crippen LogP) is 2.88. The van der Waals surface area contributed by atoms with E-state index in [1.165, 1.54) is 12.1 Å². The Hall–Kier alpha value is -2.82. The number of carboxylic acids is 1. The molecule has 0 aliphatic rings. The molecule has 1 amide bonds. The van der Waals surface area contributed by atoms with Crippen LogP contribution in [-0.4, -0.2) is 24.1 Å². The second-order valence-electron chi connectivity index (χ2n) is 4.91. The van der Waals surface area contributed by atoms with E-state index in [2.05, 4.69) is 5.32 Å². The number of anilines is 1. The van der Waals surface area contributed by atoms with Crippen LogP contribution in [0.1, 0.15) is 21.5 Å². The molecule has 0 heterocycles. The van der Waals surface area contributed by atoms with Crippen molar-refractivity contribution in [2.24, 2.45) is 0 Å². The van der Waals surface area contributed by atoms with Crippen LogP contribution in [0.3, 0.4) is 0 Å². The van der Waals surface area contributed by atoms with Crippen LogP contribution in [0.2, 0.25) is 0 Å². The van der Waals surface area contributed by atoms with Crippen LogP contribution in [0.4, 0.5) is 5.69 Å².